The van der Waals surface area contributed by atoms with Crippen molar-refractivity contribution < 1.29 is 24.5 Å². The highest BCUT2D eigenvalue weighted by molar-refractivity contribution is 5.76. The quantitative estimate of drug-likeness (QED) is 0.0320. The molecule has 0 radical (unpaired) electrons. The summed E-state index contributed by atoms with van der Waals surface area (Å²) in [5, 5.41) is 23.4. The van der Waals surface area contributed by atoms with E-state index in [2.05, 4.69) is 31.3 Å². The summed E-state index contributed by atoms with van der Waals surface area (Å²) in [6.07, 6.45) is 94.4. The average Bonchev–Trinajstić information content (AvgIpc) is 3.51. The molecule has 85 heavy (non-hydrogen) atoms. The van der Waals surface area contributed by atoms with Gasteiger partial charge in [0.1, 0.15) is 0 Å². The van der Waals surface area contributed by atoms with Crippen molar-refractivity contribution in [3.63, 3.8) is 0 Å². The Bertz CT molecular complexity index is 1290. The Kier molecular flexibility index (Phi) is 73.8. The molecule has 0 aliphatic rings. The van der Waals surface area contributed by atoms with Crippen molar-refractivity contribution in [2.24, 2.45) is 0 Å². The van der Waals surface area contributed by atoms with Gasteiger partial charge in [0.2, 0.25) is 5.91 Å². The Balaban J connectivity index is 3.35. The molecule has 0 aromatic carbocycles. The molecule has 0 heterocycles. The first-order chi connectivity index (χ1) is 42.0. The second-order valence-electron chi connectivity index (χ2n) is 27.4. The van der Waals surface area contributed by atoms with Crippen molar-refractivity contribution in [3.05, 3.63) is 12.2 Å². The largest absolute Gasteiger partial charge is 0.466 e. The Labute approximate surface area is 533 Å². The molecule has 0 spiro atoms. The molecule has 0 aromatic rings. The van der Waals surface area contributed by atoms with Gasteiger partial charge in [-0.3, -0.25) is 9.59 Å². The number of carbonyl (C=O) groups excluding carboxylic acids is 2. The van der Waals surface area contributed by atoms with Crippen LogP contribution in [0.5, 0.6) is 0 Å². The number of allylic oxidation sites excluding steroid dienone is 2. The van der Waals surface area contributed by atoms with Crippen LogP contribution in [0.1, 0.15) is 457 Å². The number of aliphatic hydroxyl groups excluding tert-OH is 2. The summed E-state index contributed by atoms with van der Waals surface area (Å²) in [6, 6.07) is -0.541. The van der Waals surface area contributed by atoms with Crippen molar-refractivity contribution in [1.82, 2.24) is 5.32 Å². The van der Waals surface area contributed by atoms with E-state index in [0.29, 0.717) is 25.9 Å². The number of amides is 1. The summed E-state index contributed by atoms with van der Waals surface area (Å²) in [7, 11) is 0. The second-order valence-corrected chi connectivity index (χ2v) is 27.4. The minimum Gasteiger partial charge on any atom is -0.466 e. The lowest BCUT2D eigenvalue weighted by molar-refractivity contribution is -0.143. The van der Waals surface area contributed by atoms with Gasteiger partial charge >= 0.3 is 5.97 Å². The monoisotopic (exact) mass is 1200 g/mol. The van der Waals surface area contributed by atoms with E-state index in [1.807, 2.05) is 0 Å². The van der Waals surface area contributed by atoms with Crippen molar-refractivity contribution in [3.8, 4) is 0 Å². The minimum absolute atomic E-state index is 0.0224. The first-order valence-corrected chi connectivity index (χ1v) is 39.4. The molecule has 0 aliphatic carbocycles. The maximum absolute atomic E-state index is 12.6. The van der Waals surface area contributed by atoms with Crippen LogP contribution < -0.4 is 5.32 Å². The van der Waals surface area contributed by atoms with E-state index in [1.54, 1.807) is 0 Å². The molecule has 0 rings (SSSR count). The predicted molar refractivity (Wildman–Crippen MR) is 375 cm³/mol. The topological polar surface area (TPSA) is 95.9 Å². The fourth-order valence-corrected chi connectivity index (χ4v) is 12.8. The Hall–Kier alpha value is -1.40. The number of carbonyl (C=O) groups is 2. The van der Waals surface area contributed by atoms with Gasteiger partial charge in [0.25, 0.3) is 0 Å². The maximum Gasteiger partial charge on any atom is 0.305 e. The number of ether oxygens (including phenoxy) is 1. The van der Waals surface area contributed by atoms with Crippen LogP contribution in [0.3, 0.4) is 0 Å². The second kappa shape index (κ2) is 75.1. The first kappa shape index (κ1) is 83.6. The number of unbranched alkanes of at least 4 members (excludes halogenated alkanes) is 62. The maximum atomic E-state index is 12.6. The van der Waals surface area contributed by atoms with Crippen LogP contribution in [0, 0.1) is 0 Å². The highest BCUT2D eigenvalue weighted by Crippen LogP contribution is 2.20. The molecular weight excluding hydrogens is 1040 g/mol. The van der Waals surface area contributed by atoms with Crippen LogP contribution in [0.25, 0.3) is 0 Å². The van der Waals surface area contributed by atoms with Crippen molar-refractivity contribution in [2.75, 3.05) is 13.2 Å². The van der Waals surface area contributed by atoms with E-state index < -0.39 is 12.1 Å². The minimum atomic E-state index is -0.664. The van der Waals surface area contributed by atoms with Crippen LogP contribution in [0.4, 0.5) is 0 Å². The molecule has 0 bridgehead atoms. The summed E-state index contributed by atoms with van der Waals surface area (Å²) >= 11 is 0. The zero-order valence-electron chi connectivity index (χ0n) is 58.1. The smallest absolute Gasteiger partial charge is 0.305 e. The van der Waals surface area contributed by atoms with Gasteiger partial charge < -0.3 is 20.3 Å². The highest BCUT2D eigenvalue weighted by atomic mass is 16.5. The average molecular weight is 1200 g/mol. The predicted octanol–water partition coefficient (Wildman–Crippen LogP) is 25.9. The van der Waals surface area contributed by atoms with E-state index in [1.165, 1.54) is 385 Å². The van der Waals surface area contributed by atoms with Crippen molar-refractivity contribution in [1.29, 1.82) is 0 Å². The number of rotatable bonds is 75. The van der Waals surface area contributed by atoms with Gasteiger partial charge in [0, 0.05) is 12.8 Å². The lowest BCUT2D eigenvalue weighted by Gasteiger charge is -2.22. The third kappa shape index (κ3) is 71.6. The molecule has 3 N–H and O–H groups in total. The number of hydrogen-bond donors (Lipinski definition) is 3. The highest BCUT2D eigenvalue weighted by Gasteiger charge is 2.20. The van der Waals surface area contributed by atoms with E-state index >= 15 is 0 Å². The summed E-state index contributed by atoms with van der Waals surface area (Å²) in [6.45, 7) is 5.01. The van der Waals surface area contributed by atoms with E-state index in [0.717, 1.165) is 38.5 Å². The van der Waals surface area contributed by atoms with Crippen LogP contribution in [0.15, 0.2) is 12.2 Å². The Morgan fingerprint density at radius 1 is 0.318 bits per heavy atom. The molecular formula is C79H155NO5. The zero-order valence-corrected chi connectivity index (χ0v) is 58.1. The normalized spacial score (nSPS) is 12.5. The van der Waals surface area contributed by atoms with Crippen molar-refractivity contribution in [2.45, 2.75) is 469 Å². The van der Waals surface area contributed by atoms with Gasteiger partial charge in [-0.2, -0.15) is 0 Å². The third-order valence-electron chi connectivity index (χ3n) is 18.8. The fraction of sp³-hybridized carbons (Fsp3) is 0.949. The molecule has 0 saturated heterocycles. The Morgan fingerprint density at radius 2 is 0.553 bits per heavy atom. The van der Waals surface area contributed by atoms with E-state index in [4.69, 9.17) is 4.74 Å². The zero-order chi connectivity index (χ0) is 61.3. The molecule has 1 amide bonds. The fourth-order valence-electron chi connectivity index (χ4n) is 12.8. The molecule has 0 aromatic heterocycles. The lowest BCUT2D eigenvalue weighted by Crippen LogP contribution is -2.45. The number of esters is 1. The third-order valence-corrected chi connectivity index (χ3v) is 18.8. The first-order valence-electron chi connectivity index (χ1n) is 39.4. The van der Waals surface area contributed by atoms with Crippen LogP contribution >= 0.6 is 0 Å². The molecule has 2 atom stereocenters. The SMILES string of the molecule is CCCCCCCCCCCCCCCCCCCCCCCC(O)C(CO)NC(=O)CCCCCCCCCCCCCCCC/C=C\CCCCCCCCCCCCCCOC(=O)CCCCCCCCCCCCCCCCCCC. The summed E-state index contributed by atoms with van der Waals surface area (Å²) in [4.78, 5) is 24.7. The summed E-state index contributed by atoms with van der Waals surface area (Å²) in [5.74, 6) is -0.00544. The van der Waals surface area contributed by atoms with Gasteiger partial charge in [-0.15, -0.1) is 0 Å². The summed E-state index contributed by atoms with van der Waals surface area (Å²) < 4.78 is 5.51. The molecule has 0 fully saturated rings. The molecule has 2 unspecified atom stereocenters. The molecule has 506 valence electrons. The number of nitrogens with one attached hydrogen (secondary N) is 1. The standard InChI is InChI=1S/C79H155NO5/c1-3-5-7-9-11-13-15-17-19-21-22-33-36-40-43-47-51-55-59-63-67-71-77(82)76(75-81)80-78(83)72-68-64-60-56-52-48-44-41-37-34-31-29-27-25-23-24-26-28-30-32-35-38-42-46-50-54-58-62-66-70-74-85-79(84)73-69-65-61-57-53-49-45-39-20-18-16-14-12-10-8-6-4-2/h24,26,76-77,81-82H,3-23,25,27-75H2,1-2H3,(H,80,83)/b26-24-. The Morgan fingerprint density at radius 3 is 0.835 bits per heavy atom. The molecule has 6 heteroatoms. The molecule has 6 nitrogen and oxygen atoms in total. The van der Waals surface area contributed by atoms with Gasteiger partial charge in [0.15, 0.2) is 0 Å². The number of hydrogen-bond acceptors (Lipinski definition) is 5. The van der Waals surface area contributed by atoms with Crippen molar-refractivity contribution >= 4 is 11.9 Å². The van der Waals surface area contributed by atoms with Crippen LogP contribution in [-0.4, -0.2) is 47.4 Å². The van der Waals surface area contributed by atoms with Gasteiger partial charge in [-0.25, -0.2) is 0 Å². The van der Waals surface area contributed by atoms with Gasteiger partial charge in [0.05, 0.1) is 25.4 Å². The summed E-state index contributed by atoms with van der Waals surface area (Å²) in [5.41, 5.74) is 0. The van der Waals surface area contributed by atoms with E-state index in [9.17, 15) is 19.8 Å². The molecule has 0 aliphatic heterocycles. The van der Waals surface area contributed by atoms with Crippen LogP contribution in [-0.2, 0) is 14.3 Å². The van der Waals surface area contributed by atoms with Gasteiger partial charge in [-0.05, 0) is 51.4 Å². The lowest BCUT2D eigenvalue weighted by atomic mass is 10.0. The van der Waals surface area contributed by atoms with Gasteiger partial charge in [-0.1, -0.05) is 405 Å². The number of aliphatic hydroxyl groups is 2. The molecule has 0 saturated carbocycles. The van der Waals surface area contributed by atoms with E-state index in [-0.39, 0.29) is 18.5 Å². The van der Waals surface area contributed by atoms with Crippen LogP contribution in [0.2, 0.25) is 0 Å².